The zero-order valence-electron chi connectivity index (χ0n) is 17.9. The lowest BCUT2D eigenvalue weighted by Gasteiger charge is -2.05. The zero-order chi connectivity index (χ0) is 23.9. The van der Waals surface area contributed by atoms with Crippen molar-refractivity contribution >= 4 is 55.7 Å². The Hall–Kier alpha value is -3.95. The topological polar surface area (TPSA) is 112 Å². The van der Waals surface area contributed by atoms with E-state index in [1.807, 2.05) is 24.3 Å². The van der Waals surface area contributed by atoms with Crippen LogP contribution >= 0.6 is 11.6 Å². The third kappa shape index (κ3) is 3.74. The number of benzene rings is 3. The van der Waals surface area contributed by atoms with Crippen molar-refractivity contribution in [1.29, 1.82) is 0 Å². The number of nitrogens with two attached hydrogens (primary N) is 1. The molecular weight excluding hydrogens is 474 g/mol. The number of nitrogen functional groups attached to an aromatic ring is 1. The zero-order valence-corrected chi connectivity index (χ0v) is 19.5. The van der Waals surface area contributed by atoms with Crippen molar-refractivity contribution < 1.29 is 13.2 Å². The summed E-state index contributed by atoms with van der Waals surface area (Å²) in [5.74, 6) is 0.561. The summed E-state index contributed by atoms with van der Waals surface area (Å²) in [7, 11) is -2.48. The van der Waals surface area contributed by atoms with Crippen LogP contribution in [-0.4, -0.2) is 36.4 Å². The Morgan fingerprint density at radius 3 is 2.41 bits per heavy atom. The summed E-state index contributed by atoms with van der Waals surface area (Å²) in [4.78, 5) is 9.09. The number of methoxy groups -OCH3 is 1. The molecule has 0 fully saturated rings. The number of nitrogens with zero attached hydrogens (tertiary/aromatic N) is 4. The van der Waals surface area contributed by atoms with Gasteiger partial charge in [-0.15, -0.1) is 0 Å². The Kier molecular flexibility index (Phi) is 5.43. The van der Waals surface area contributed by atoms with Crippen molar-refractivity contribution in [2.24, 2.45) is 5.10 Å². The predicted molar refractivity (Wildman–Crippen MR) is 132 cm³/mol. The van der Waals surface area contributed by atoms with E-state index in [1.165, 1.54) is 28.9 Å². The smallest absolute Gasteiger partial charge is 0.212 e. The van der Waals surface area contributed by atoms with E-state index in [-0.39, 0.29) is 26.8 Å². The molecule has 5 aromatic rings. The highest BCUT2D eigenvalue weighted by Gasteiger charge is 2.30. The molecule has 0 amide bonds. The number of anilines is 1. The number of fused-ring (bicyclic) bond motifs is 2. The Morgan fingerprint density at radius 2 is 1.71 bits per heavy atom. The van der Waals surface area contributed by atoms with Crippen LogP contribution in [0.5, 0.6) is 5.75 Å². The molecular formula is C24H18ClN5O3S. The predicted octanol–water partition coefficient (Wildman–Crippen LogP) is 4.54. The van der Waals surface area contributed by atoms with Gasteiger partial charge >= 0.3 is 0 Å². The van der Waals surface area contributed by atoms with Crippen LogP contribution in [0, 0.1) is 0 Å². The molecule has 34 heavy (non-hydrogen) atoms. The second kappa shape index (κ2) is 8.44. The van der Waals surface area contributed by atoms with E-state index in [9.17, 15) is 8.42 Å². The first-order chi connectivity index (χ1) is 16.4. The van der Waals surface area contributed by atoms with Crippen LogP contribution in [0.2, 0.25) is 5.02 Å². The van der Waals surface area contributed by atoms with Crippen molar-refractivity contribution in [3.8, 4) is 5.75 Å². The minimum absolute atomic E-state index is 0.0365. The molecule has 0 aliphatic rings. The monoisotopic (exact) mass is 491 g/mol. The van der Waals surface area contributed by atoms with E-state index < -0.39 is 9.84 Å². The molecule has 2 heterocycles. The highest BCUT2D eigenvalue weighted by Crippen LogP contribution is 2.35. The first-order valence-corrected chi connectivity index (χ1v) is 12.0. The SMILES string of the molecule is COc1cccc(/C=N\n2c(N)c(S(=O)(=O)c3ccc(Cl)cc3)c3nc4ccccc4nc32)c1. The molecule has 0 saturated carbocycles. The number of halogens is 1. The number of aromatic nitrogens is 3. The van der Waals surface area contributed by atoms with E-state index in [0.717, 1.165) is 5.56 Å². The van der Waals surface area contributed by atoms with Crippen molar-refractivity contribution in [2.45, 2.75) is 9.79 Å². The Labute approximate surface area is 200 Å². The van der Waals surface area contributed by atoms with Crippen LogP contribution in [0.1, 0.15) is 5.56 Å². The minimum Gasteiger partial charge on any atom is -0.497 e. The lowest BCUT2D eigenvalue weighted by Crippen LogP contribution is -2.06. The molecule has 8 nitrogen and oxygen atoms in total. The molecule has 0 atom stereocenters. The summed E-state index contributed by atoms with van der Waals surface area (Å²) in [6.45, 7) is 0. The maximum Gasteiger partial charge on any atom is 0.212 e. The normalized spacial score (nSPS) is 12.1. The quantitative estimate of drug-likeness (QED) is 0.361. The molecule has 170 valence electrons. The number of hydrogen-bond donors (Lipinski definition) is 1. The van der Waals surface area contributed by atoms with Crippen molar-refractivity contribution in [2.75, 3.05) is 12.8 Å². The molecule has 10 heteroatoms. The first kappa shape index (κ1) is 21.9. The van der Waals surface area contributed by atoms with Gasteiger partial charge in [0.05, 0.1) is 29.3 Å². The Bertz CT molecular complexity index is 1680. The summed E-state index contributed by atoms with van der Waals surface area (Å²) >= 11 is 5.95. The molecule has 2 N–H and O–H groups in total. The minimum atomic E-state index is -4.06. The van der Waals surface area contributed by atoms with Crippen molar-refractivity contribution in [3.63, 3.8) is 0 Å². The summed E-state index contributed by atoms with van der Waals surface area (Å²) in [5.41, 5.74) is 8.61. The maximum absolute atomic E-state index is 13.6. The summed E-state index contributed by atoms with van der Waals surface area (Å²) < 4.78 is 33.8. The van der Waals surface area contributed by atoms with Gasteiger partial charge in [0.2, 0.25) is 9.84 Å². The highest BCUT2D eigenvalue weighted by atomic mass is 35.5. The third-order valence-electron chi connectivity index (χ3n) is 5.24. The number of sulfone groups is 1. The van der Waals surface area contributed by atoms with Gasteiger partial charge < -0.3 is 10.5 Å². The largest absolute Gasteiger partial charge is 0.497 e. The maximum atomic E-state index is 13.6. The van der Waals surface area contributed by atoms with Gasteiger partial charge in [0, 0.05) is 5.02 Å². The van der Waals surface area contributed by atoms with Gasteiger partial charge in [0.25, 0.3) is 0 Å². The standard InChI is InChI=1S/C24H18ClN5O3S/c1-33-17-6-4-5-15(13-17)14-27-30-23(26)22(34(31,32)18-11-9-16(25)10-12-18)21-24(30)29-20-8-3-2-7-19(20)28-21/h2-14H,26H2,1H3/b27-14-. The molecule has 0 spiro atoms. The average Bonchev–Trinajstić information content (AvgIpc) is 3.12. The number of para-hydroxylation sites is 2. The van der Waals surface area contributed by atoms with Gasteiger partial charge in [-0.1, -0.05) is 35.9 Å². The third-order valence-corrected chi connectivity index (χ3v) is 7.32. The van der Waals surface area contributed by atoms with E-state index in [0.29, 0.717) is 21.8 Å². The lowest BCUT2D eigenvalue weighted by molar-refractivity contribution is 0.415. The van der Waals surface area contributed by atoms with Crippen LogP contribution in [0.4, 0.5) is 5.82 Å². The van der Waals surface area contributed by atoms with Gasteiger partial charge in [-0.25, -0.2) is 18.4 Å². The Balaban J connectivity index is 1.77. The molecule has 0 aliphatic carbocycles. The van der Waals surface area contributed by atoms with E-state index in [4.69, 9.17) is 22.1 Å². The van der Waals surface area contributed by atoms with Gasteiger partial charge in [-0.2, -0.15) is 9.78 Å². The number of hydrogen-bond acceptors (Lipinski definition) is 7. The fraction of sp³-hybridized carbons (Fsp3) is 0.0417. The fourth-order valence-electron chi connectivity index (χ4n) is 3.58. The van der Waals surface area contributed by atoms with Crippen LogP contribution in [0.15, 0.2) is 87.7 Å². The van der Waals surface area contributed by atoms with E-state index in [1.54, 1.807) is 37.6 Å². The number of rotatable bonds is 5. The van der Waals surface area contributed by atoms with Crippen LogP contribution < -0.4 is 10.5 Å². The van der Waals surface area contributed by atoms with Crippen LogP contribution in [0.3, 0.4) is 0 Å². The summed E-state index contributed by atoms with van der Waals surface area (Å²) in [5, 5.41) is 4.87. The molecule has 0 radical (unpaired) electrons. The van der Waals surface area contributed by atoms with Crippen LogP contribution in [-0.2, 0) is 9.84 Å². The first-order valence-electron chi connectivity index (χ1n) is 10.1. The Morgan fingerprint density at radius 1 is 1.00 bits per heavy atom. The van der Waals surface area contributed by atoms with Gasteiger partial charge in [-0.3, -0.25) is 0 Å². The van der Waals surface area contributed by atoms with Gasteiger partial charge in [0.15, 0.2) is 5.65 Å². The summed E-state index contributed by atoms with van der Waals surface area (Å²) in [6.07, 6.45) is 1.55. The molecule has 0 aliphatic heterocycles. The molecule has 0 bridgehead atoms. The second-order valence-corrected chi connectivity index (χ2v) is 9.71. The van der Waals surface area contributed by atoms with Crippen molar-refractivity contribution in [3.05, 3.63) is 83.4 Å². The average molecular weight is 492 g/mol. The van der Waals surface area contributed by atoms with Crippen LogP contribution in [0.25, 0.3) is 22.2 Å². The van der Waals surface area contributed by atoms with Gasteiger partial charge in [-0.05, 0) is 54.1 Å². The van der Waals surface area contributed by atoms with Crippen molar-refractivity contribution in [1.82, 2.24) is 14.6 Å². The molecule has 5 rings (SSSR count). The highest BCUT2D eigenvalue weighted by molar-refractivity contribution is 7.92. The van der Waals surface area contributed by atoms with Gasteiger partial charge in [0.1, 0.15) is 22.0 Å². The van der Waals surface area contributed by atoms with E-state index >= 15 is 0 Å². The molecule has 2 aromatic heterocycles. The summed E-state index contributed by atoms with van der Waals surface area (Å²) in [6, 6.07) is 20.3. The second-order valence-electron chi connectivity index (χ2n) is 7.39. The molecule has 0 saturated heterocycles. The fourth-order valence-corrected chi connectivity index (χ4v) is 5.19. The number of ether oxygens (including phenoxy) is 1. The molecule has 3 aromatic carbocycles. The molecule has 0 unspecified atom stereocenters. The lowest BCUT2D eigenvalue weighted by atomic mass is 10.2. The van der Waals surface area contributed by atoms with E-state index in [2.05, 4.69) is 15.1 Å².